The number of ether oxygens (including phenoxy) is 1. The van der Waals surface area contributed by atoms with Gasteiger partial charge in [-0.3, -0.25) is 4.79 Å². The molecule has 0 spiro atoms. The minimum Gasteiger partial charge on any atom is -0.482 e. The maximum absolute atomic E-state index is 11.7. The average molecular weight is 272 g/mol. The maximum atomic E-state index is 11.7. The molecule has 2 aromatic rings. The second kappa shape index (κ2) is 4.78. The van der Waals surface area contributed by atoms with Crippen LogP contribution in [0, 0.1) is 13.8 Å². The summed E-state index contributed by atoms with van der Waals surface area (Å²) < 4.78 is 11.1. The average Bonchev–Trinajstić information content (AvgIpc) is 2.79. The molecule has 1 fully saturated rings. The van der Waals surface area contributed by atoms with Gasteiger partial charge in [-0.05, 0) is 44.4 Å². The molecule has 1 aliphatic carbocycles. The van der Waals surface area contributed by atoms with Gasteiger partial charge in [-0.25, -0.2) is 4.79 Å². The first-order chi connectivity index (χ1) is 9.56. The summed E-state index contributed by atoms with van der Waals surface area (Å²) in [5.74, 6) is 0.765. The van der Waals surface area contributed by atoms with E-state index in [1.54, 1.807) is 0 Å². The van der Waals surface area contributed by atoms with Gasteiger partial charge < -0.3 is 9.15 Å². The molecule has 3 rings (SSSR count). The van der Waals surface area contributed by atoms with Crippen molar-refractivity contribution in [3.8, 4) is 5.75 Å². The van der Waals surface area contributed by atoms with Crippen molar-refractivity contribution in [1.82, 2.24) is 0 Å². The summed E-state index contributed by atoms with van der Waals surface area (Å²) in [6.07, 6.45) is 1.87. The van der Waals surface area contributed by atoms with Gasteiger partial charge in [0.25, 0.3) is 0 Å². The predicted molar refractivity (Wildman–Crippen MR) is 75.2 cm³/mol. The van der Waals surface area contributed by atoms with Crippen LogP contribution in [0.1, 0.15) is 30.4 Å². The molecule has 4 heteroatoms. The van der Waals surface area contributed by atoms with Crippen molar-refractivity contribution in [2.75, 3.05) is 0 Å². The lowest BCUT2D eigenvalue weighted by atomic mass is 10.1. The molecule has 1 saturated carbocycles. The molecule has 1 heterocycles. The van der Waals surface area contributed by atoms with Gasteiger partial charge in [-0.1, -0.05) is 0 Å². The summed E-state index contributed by atoms with van der Waals surface area (Å²) >= 11 is 0. The molecule has 0 saturated heterocycles. The van der Waals surface area contributed by atoms with E-state index < -0.39 is 0 Å². The molecular weight excluding hydrogens is 256 g/mol. The number of Topliss-reactive ketones (excluding diaryl/α,β-unsaturated/α-hetero) is 1. The van der Waals surface area contributed by atoms with Gasteiger partial charge >= 0.3 is 5.63 Å². The third kappa shape index (κ3) is 2.11. The molecule has 1 aromatic carbocycles. The summed E-state index contributed by atoms with van der Waals surface area (Å²) in [6.45, 7) is 3.72. The monoisotopic (exact) mass is 272 g/mol. The summed E-state index contributed by atoms with van der Waals surface area (Å²) in [6, 6.07) is 5.19. The molecule has 1 aliphatic rings. The lowest BCUT2D eigenvalue weighted by Crippen LogP contribution is -2.21. The molecule has 0 amide bonds. The zero-order valence-electron chi connectivity index (χ0n) is 11.6. The quantitative estimate of drug-likeness (QED) is 0.789. The topological polar surface area (TPSA) is 56.5 Å². The highest BCUT2D eigenvalue weighted by Crippen LogP contribution is 2.30. The lowest BCUT2D eigenvalue weighted by Gasteiger charge is -2.15. The van der Waals surface area contributed by atoms with E-state index in [1.165, 1.54) is 6.07 Å². The molecule has 1 aromatic heterocycles. The van der Waals surface area contributed by atoms with Crippen molar-refractivity contribution in [2.45, 2.75) is 39.2 Å². The number of benzene rings is 1. The van der Waals surface area contributed by atoms with E-state index in [1.807, 2.05) is 26.0 Å². The fourth-order valence-corrected chi connectivity index (χ4v) is 2.69. The Morgan fingerprint density at radius 3 is 2.75 bits per heavy atom. The SMILES string of the molecule is Cc1cc(=O)oc2c(C)c(OC3CCCC3=O)ccc12. The second-order valence-corrected chi connectivity index (χ2v) is 5.28. The standard InChI is InChI=1S/C16H16O4/c1-9-8-15(18)20-16-10(2)13(7-6-11(9)16)19-14-5-3-4-12(14)17/h6-8,14H,3-5H2,1-2H3. The first kappa shape index (κ1) is 12.9. The van der Waals surface area contributed by atoms with Crippen LogP contribution < -0.4 is 10.4 Å². The van der Waals surface area contributed by atoms with E-state index in [0.717, 1.165) is 29.4 Å². The fraction of sp³-hybridized carbons (Fsp3) is 0.375. The van der Waals surface area contributed by atoms with Crippen molar-refractivity contribution in [3.05, 3.63) is 39.7 Å². The van der Waals surface area contributed by atoms with Gasteiger partial charge in [0.1, 0.15) is 11.3 Å². The highest BCUT2D eigenvalue weighted by Gasteiger charge is 2.26. The number of fused-ring (bicyclic) bond motifs is 1. The Kier molecular flexibility index (Phi) is 3.08. The van der Waals surface area contributed by atoms with E-state index in [4.69, 9.17) is 9.15 Å². The zero-order valence-corrected chi connectivity index (χ0v) is 11.6. The Morgan fingerprint density at radius 2 is 2.05 bits per heavy atom. The van der Waals surface area contributed by atoms with Crippen molar-refractivity contribution in [3.63, 3.8) is 0 Å². The van der Waals surface area contributed by atoms with Crippen LogP contribution >= 0.6 is 0 Å². The van der Waals surface area contributed by atoms with E-state index in [-0.39, 0.29) is 17.5 Å². The van der Waals surface area contributed by atoms with Crippen LogP contribution in [0.25, 0.3) is 11.0 Å². The number of ketones is 1. The zero-order chi connectivity index (χ0) is 14.3. The summed E-state index contributed by atoms with van der Waals surface area (Å²) in [5.41, 5.74) is 1.82. The van der Waals surface area contributed by atoms with Crippen LogP contribution in [0.2, 0.25) is 0 Å². The van der Waals surface area contributed by atoms with Gasteiger partial charge in [-0.2, -0.15) is 0 Å². The molecule has 4 nitrogen and oxygen atoms in total. The van der Waals surface area contributed by atoms with E-state index in [9.17, 15) is 9.59 Å². The van der Waals surface area contributed by atoms with E-state index in [0.29, 0.717) is 17.8 Å². The highest BCUT2D eigenvalue weighted by molar-refractivity contribution is 5.87. The Balaban J connectivity index is 2.07. The van der Waals surface area contributed by atoms with Crippen LogP contribution in [-0.2, 0) is 4.79 Å². The number of hydrogen-bond acceptors (Lipinski definition) is 4. The normalized spacial score (nSPS) is 18.7. The summed E-state index contributed by atoms with van der Waals surface area (Å²) in [5, 5.41) is 0.896. The van der Waals surface area contributed by atoms with Crippen LogP contribution in [0.15, 0.2) is 27.4 Å². The lowest BCUT2D eigenvalue weighted by molar-refractivity contribution is -0.123. The van der Waals surface area contributed by atoms with Gasteiger partial charge in [0.2, 0.25) is 0 Å². The molecule has 1 atom stereocenters. The second-order valence-electron chi connectivity index (χ2n) is 5.28. The number of carbonyl (C=O) groups excluding carboxylic acids is 1. The Labute approximate surface area is 116 Å². The van der Waals surface area contributed by atoms with Crippen LogP contribution in [0.3, 0.4) is 0 Å². The number of rotatable bonds is 2. The maximum Gasteiger partial charge on any atom is 0.336 e. The minimum absolute atomic E-state index is 0.148. The van der Waals surface area contributed by atoms with Gasteiger partial charge in [-0.15, -0.1) is 0 Å². The third-order valence-corrected chi connectivity index (χ3v) is 3.84. The molecular formula is C16H16O4. The highest BCUT2D eigenvalue weighted by atomic mass is 16.5. The van der Waals surface area contributed by atoms with Crippen molar-refractivity contribution in [2.24, 2.45) is 0 Å². The predicted octanol–water partition coefficient (Wildman–Crippen LogP) is 2.91. The van der Waals surface area contributed by atoms with Gasteiger partial charge in [0.05, 0.1) is 0 Å². The minimum atomic E-state index is -0.368. The van der Waals surface area contributed by atoms with E-state index >= 15 is 0 Å². The molecule has 104 valence electrons. The summed E-state index contributed by atoms with van der Waals surface area (Å²) in [7, 11) is 0. The third-order valence-electron chi connectivity index (χ3n) is 3.84. The van der Waals surface area contributed by atoms with Crippen LogP contribution in [0.5, 0.6) is 5.75 Å². The number of aryl methyl sites for hydroxylation is 2. The number of hydrogen-bond donors (Lipinski definition) is 0. The summed E-state index contributed by atoms with van der Waals surface area (Å²) in [4.78, 5) is 23.2. The molecule has 1 unspecified atom stereocenters. The Bertz CT molecular complexity index is 742. The molecule has 0 aliphatic heterocycles. The first-order valence-electron chi connectivity index (χ1n) is 6.79. The van der Waals surface area contributed by atoms with Crippen molar-refractivity contribution < 1.29 is 13.9 Å². The van der Waals surface area contributed by atoms with Gasteiger partial charge in [0.15, 0.2) is 11.9 Å². The van der Waals surface area contributed by atoms with Crippen LogP contribution in [0.4, 0.5) is 0 Å². The largest absolute Gasteiger partial charge is 0.482 e. The molecule has 0 radical (unpaired) electrons. The van der Waals surface area contributed by atoms with E-state index in [2.05, 4.69) is 0 Å². The molecule has 0 bridgehead atoms. The van der Waals surface area contributed by atoms with Crippen LogP contribution in [-0.4, -0.2) is 11.9 Å². The Morgan fingerprint density at radius 1 is 1.25 bits per heavy atom. The number of carbonyl (C=O) groups is 1. The first-order valence-corrected chi connectivity index (χ1v) is 6.79. The van der Waals surface area contributed by atoms with Crippen molar-refractivity contribution >= 4 is 16.8 Å². The smallest absolute Gasteiger partial charge is 0.336 e. The van der Waals surface area contributed by atoms with Gasteiger partial charge in [0, 0.05) is 23.4 Å². The fourth-order valence-electron chi connectivity index (χ4n) is 2.69. The molecule has 20 heavy (non-hydrogen) atoms. The van der Waals surface area contributed by atoms with Crippen molar-refractivity contribution in [1.29, 1.82) is 0 Å². The molecule has 0 N–H and O–H groups in total. The Hall–Kier alpha value is -2.10.